The summed E-state index contributed by atoms with van der Waals surface area (Å²) in [6.45, 7) is 13.1. The number of aryl methyl sites for hydroxylation is 2. The number of sulfonamides is 1. The smallest absolute Gasteiger partial charge is 0.264 e. The highest BCUT2D eigenvalue weighted by Gasteiger charge is 2.35. The second-order valence-corrected chi connectivity index (χ2v) is 13.3. The molecule has 0 aromatic heterocycles. The number of benzene rings is 3. The molecule has 3 rings (SSSR count). The SMILES string of the molecule is CCOc1ccccc1N(CC(=O)N(Cc1ccc(C)cc1)[C@H](CC)C(=O)NC(C)(C)C)S(=O)(=O)c1ccc(C)cc1. The summed E-state index contributed by atoms with van der Waals surface area (Å²) in [7, 11) is -4.19. The molecule has 8 nitrogen and oxygen atoms in total. The Morgan fingerprint density at radius 2 is 1.45 bits per heavy atom. The number of hydrogen-bond donors (Lipinski definition) is 1. The Kier molecular flexibility index (Phi) is 10.8. The summed E-state index contributed by atoms with van der Waals surface area (Å²) in [5, 5.41) is 2.99. The minimum atomic E-state index is -4.19. The van der Waals surface area contributed by atoms with Gasteiger partial charge in [-0.15, -0.1) is 0 Å². The Labute approximate surface area is 250 Å². The van der Waals surface area contributed by atoms with Gasteiger partial charge in [-0.25, -0.2) is 8.42 Å². The number of carbonyl (C=O) groups excluding carboxylic acids is 2. The zero-order valence-corrected chi connectivity index (χ0v) is 26.5. The van der Waals surface area contributed by atoms with Crippen LogP contribution in [0.4, 0.5) is 5.69 Å². The third-order valence-corrected chi connectivity index (χ3v) is 8.45. The Morgan fingerprint density at radius 3 is 2.00 bits per heavy atom. The molecule has 1 N–H and O–H groups in total. The van der Waals surface area contributed by atoms with Crippen LogP contribution in [0.25, 0.3) is 0 Å². The van der Waals surface area contributed by atoms with Crippen LogP contribution >= 0.6 is 0 Å². The number of hydrogen-bond acceptors (Lipinski definition) is 5. The lowest BCUT2D eigenvalue weighted by atomic mass is 10.1. The van der Waals surface area contributed by atoms with E-state index in [1.165, 1.54) is 17.0 Å². The molecule has 0 aliphatic rings. The van der Waals surface area contributed by atoms with Gasteiger partial charge >= 0.3 is 0 Å². The first-order valence-electron chi connectivity index (χ1n) is 14.2. The van der Waals surface area contributed by atoms with Gasteiger partial charge in [-0.2, -0.15) is 0 Å². The van der Waals surface area contributed by atoms with E-state index in [1.807, 2.05) is 72.7 Å². The summed E-state index contributed by atoms with van der Waals surface area (Å²) < 4.78 is 35.1. The van der Waals surface area contributed by atoms with Gasteiger partial charge in [0.25, 0.3) is 10.0 Å². The van der Waals surface area contributed by atoms with E-state index in [4.69, 9.17) is 4.74 Å². The third-order valence-electron chi connectivity index (χ3n) is 6.68. The minimum absolute atomic E-state index is 0.0507. The number of nitrogens with one attached hydrogen (secondary N) is 1. The molecule has 0 aliphatic heterocycles. The van der Waals surface area contributed by atoms with E-state index in [-0.39, 0.29) is 23.0 Å². The topological polar surface area (TPSA) is 96.0 Å². The molecular weight excluding hydrogens is 550 g/mol. The van der Waals surface area contributed by atoms with Gasteiger partial charge < -0.3 is 15.0 Å². The van der Waals surface area contributed by atoms with Gasteiger partial charge in [-0.05, 0) is 77.8 Å². The number of carbonyl (C=O) groups is 2. The molecule has 2 amide bonds. The molecule has 0 spiro atoms. The van der Waals surface area contributed by atoms with Gasteiger partial charge in [-0.3, -0.25) is 13.9 Å². The lowest BCUT2D eigenvalue weighted by Gasteiger charge is -2.35. The Balaban J connectivity index is 2.12. The summed E-state index contributed by atoms with van der Waals surface area (Å²) in [6.07, 6.45) is 0.347. The number of nitrogens with zero attached hydrogens (tertiary/aromatic N) is 2. The van der Waals surface area contributed by atoms with E-state index in [0.29, 0.717) is 18.8 Å². The van der Waals surface area contributed by atoms with Gasteiger partial charge in [0.1, 0.15) is 18.3 Å². The number of para-hydroxylation sites is 2. The predicted octanol–water partition coefficient (Wildman–Crippen LogP) is 5.62. The molecule has 0 saturated heterocycles. The average molecular weight is 594 g/mol. The van der Waals surface area contributed by atoms with Crippen molar-refractivity contribution in [3.8, 4) is 5.75 Å². The molecule has 0 fully saturated rings. The lowest BCUT2D eigenvalue weighted by molar-refractivity contribution is -0.141. The third kappa shape index (κ3) is 8.35. The van der Waals surface area contributed by atoms with Gasteiger partial charge in [-0.1, -0.05) is 66.6 Å². The lowest BCUT2D eigenvalue weighted by Crippen LogP contribution is -2.55. The van der Waals surface area contributed by atoms with Crippen LogP contribution in [-0.2, 0) is 26.2 Å². The van der Waals surface area contributed by atoms with Gasteiger partial charge in [0.15, 0.2) is 0 Å². The van der Waals surface area contributed by atoms with Crippen molar-refractivity contribution in [2.24, 2.45) is 0 Å². The highest BCUT2D eigenvalue weighted by molar-refractivity contribution is 7.92. The Hall–Kier alpha value is -3.85. The van der Waals surface area contributed by atoms with E-state index in [9.17, 15) is 18.0 Å². The quantitative estimate of drug-likeness (QED) is 0.294. The van der Waals surface area contributed by atoms with Crippen LogP contribution in [0.3, 0.4) is 0 Å². The predicted molar refractivity (Wildman–Crippen MR) is 167 cm³/mol. The highest BCUT2D eigenvalue weighted by Crippen LogP contribution is 2.33. The maximum atomic E-state index is 14.3. The van der Waals surface area contributed by atoms with E-state index >= 15 is 0 Å². The molecule has 0 aliphatic carbocycles. The molecule has 0 saturated carbocycles. The molecule has 42 heavy (non-hydrogen) atoms. The van der Waals surface area contributed by atoms with Crippen LogP contribution < -0.4 is 14.4 Å². The molecule has 0 heterocycles. The summed E-state index contributed by atoms with van der Waals surface area (Å²) in [4.78, 5) is 29.3. The first-order valence-corrected chi connectivity index (χ1v) is 15.7. The largest absolute Gasteiger partial charge is 0.492 e. The number of rotatable bonds is 12. The van der Waals surface area contributed by atoms with Gasteiger partial charge in [0.05, 0.1) is 17.2 Å². The van der Waals surface area contributed by atoms with E-state index in [1.54, 1.807) is 36.4 Å². The van der Waals surface area contributed by atoms with Crippen molar-refractivity contribution in [2.75, 3.05) is 17.5 Å². The molecule has 226 valence electrons. The average Bonchev–Trinajstić information content (AvgIpc) is 2.92. The summed E-state index contributed by atoms with van der Waals surface area (Å²) >= 11 is 0. The van der Waals surface area contributed by atoms with Crippen molar-refractivity contribution >= 4 is 27.5 Å². The van der Waals surface area contributed by atoms with E-state index < -0.39 is 34.1 Å². The fraction of sp³-hybridized carbons (Fsp3) is 0.394. The zero-order chi connectivity index (χ0) is 31.1. The maximum absolute atomic E-state index is 14.3. The fourth-order valence-electron chi connectivity index (χ4n) is 4.55. The van der Waals surface area contributed by atoms with Crippen molar-refractivity contribution in [3.63, 3.8) is 0 Å². The first-order chi connectivity index (χ1) is 19.8. The Morgan fingerprint density at radius 1 is 0.881 bits per heavy atom. The number of amides is 2. The molecule has 9 heteroatoms. The van der Waals surface area contributed by atoms with Crippen molar-refractivity contribution in [3.05, 3.63) is 89.5 Å². The number of anilines is 1. The van der Waals surface area contributed by atoms with E-state index in [0.717, 1.165) is 21.0 Å². The van der Waals surface area contributed by atoms with Crippen molar-refractivity contribution in [1.82, 2.24) is 10.2 Å². The van der Waals surface area contributed by atoms with Crippen molar-refractivity contribution in [1.29, 1.82) is 0 Å². The summed E-state index contributed by atoms with van der Waals surface area (Å²) in [5.74, 6) is -0.465. The minimum Gasteiger partial charge on any atom is -0.492 e. The van der Waals surface area contributed by atoms with Crippen LogP contribution in [0.2, 0.25) is 0 Å². The number of ether oxygens (including phenoxy) is 1. The molecule has 0 bridgehead atoms. The van der Waals surface area contributed by atoms with Gasteiger partial charge in [0.2, 0.25) is 11.8 Å². The maximum Gasteiger partial charge on any atom is 0.264 e. The van der Waals surface area contributed by atoms with Crippen LogP contribution in [0.5, 0.6) is 5.75 Å². The molecule has 0 radical (unpaired) electrons. The highest BCUT2D eigenvalue weighted by atomic mass is 32.2. The van der Waals surface area contributed by atoms with Gasteiger partial charge in [0, 0.05) is 12.1 Å². The molecule has 3 aromatic rings. The summed E-state index contributed by atoms with van der Waals surface area (Å²) in [5.41, 5.74) is 2.54. The first kappa shape index (κ1) is 32.7. The molecular formula is C33H43N3O5S. The summed E-state index contributed by atoms with van der Waals surface area (Å²) in [6, 6.07) is 20.1. The second-order valence-electron chi connectivity index (χ2n) is 11.4. The van der Waals surface area contributed by atoms with Crippen LogP contribution in [0.15, 0.2) is 77.7 Å². The van der Waals surface area contributed by atoms with Crippen LogP contribution in [0.1, 0.15) is 57.7 Å². The van der Waals surface area contributed by atoms with Crippen molar-refractivity contribution in [2.45, 2.75) is 77.9 Å². The standard InChI is InChI=1S/C33H43N3O5S/c1-8-28(32(38)34-33(5,6)7)35(22-26-18-14-24(3)15-19-26)31(37)23-36(29-12-10-11-13-30(29)41-9-2)42(39,40)27-20-16-25(4)17-21-27/h10-21,28H,8-9,22-23H2,1-7H3,(H,34,38)/t28-/m1/s1. The van der Waals surface area contributed by atoms with Crippen molar-refractivity contribution < 1.29 is 22.7 Å². The fourth-order valence-corrected chi connectivity index (χ4v) is 5.98. The zero-order valence-electron chi connectivity index (χ0n) is 25.7. The monoisotopic (exact) mass is 593 g/mol. The van der Waals surface area contributed by atoms with Crippen LogP contribution in [-0.4, -0.2) is 49.9 Å². The van der Waals surface area contributed by atoms with E-state index in [2.05, 4.69) is 5.32 Å². The molecule has 3 aromatic carbocycles. The van der Waals surface area contributed by atoms with Crippen LogP contribution in [0, 0.1) is 13.8 Å². The molecule has 0 unspecified atom stereocenters. The normalized spacial score (nSPS) is 12.4. The molecule has 1 atom stereocenters. The second kappa shape index (κ2) is 13.9. The Bertz CT molecular complexity index is 1460.